The van der Waals surface area contributed by atoms with Gasteiger partial charge in [0.05, 0.1) is 12.3 Å². The highest BCUT2D eigenvalue weighted by Crippen LogP contribution is 2.37. The Morgan fingerprint density at radius 1 is 0.968 bits per heavy atom. The molecule has 0 spiro atoms. The fourth-order valence-electron chi connectivity index (χ4n) is 3.17. The Bertz CT molecular complexity index is 1450. The molecular formula is C20H15N11. The van der Waals surface area contributed by atoms with E-state index < -0.39 is 0 Å². The van der Waals surface area contributed by atoms with E-state index in [1.165, 1.54) is 9.31 Å². The van der Waals surface area contributed by atoms with Gasteiger partial charge in [0, 0.05) is 18.0 Å². The van der Waals surface area contributed by atoms with Gasteiger partial charge in [0.1, 0.15) is 11.5 Å². The summed E-state index contributed by atoms with van der Waals surface area (Å²) >= 11 is 0. The summed E-state index contributed by atoms with van der Waals surface area (Å²) in [6.07, 6.45) is 3.19. The molecule has 0 unspecified atom stereocenters. The lowest BCUT2D eigenvalue weighted by Crippen LogP contribution is -2.01. The number of azo groups is 1. The van der Waals surface area contributed by atoms with Crippen molar-refractivity contribution in [3.05, 3.63) is 71.7 Å². The SMILES string of the molecule is [C-]#[N+]c1c(C)nn(-c2ncccn2)c1/N=N/c1c(-c2ccccc2)nn2nc(C)[nH]c12. The van der Waals surface area contributed by atoms with Crippen molar-refractivity contribution in [3.8, 4) is 17.2 Å². The Morgan fingerprint density at radius 3 is 2.48 bits per heavy atom. The average Bonchev–Trinajstić information content (AvgIpc) is 3.43. The Balaban J connectivity index is 1.69. The molecule has 11 nitrogen and oxygen atoms in total. The third kappa shape index (κ3) is 3.12. The monoisotopic (exact) mass is 409 g/mol. The molecule has 150 valence electrons. The molecule has 4 aromatic heterocycles. The quantitative estimate of drug-likeness (QED) is 0.351. The molecule has 0 saturated carbocycles. The van der Waals surface area contributed by atoms with E-state index in [-0.39, 0.29) is 11.5 Å². The lowest BCUT2D eigenvalue weighted by molar-refractivity contribution is 0.793. The van der Waals surface area contributed by atoms with Crippen molar-refractivity contribution in [1.29, 1.82) is 0 Å². The first-order chi connectivity index (χ1) is 15.2. The average molecular weight is 409 g/mol. The van der Waals surface area contributed by atoms with Crippen LogP contribution in [-0.4, -0.2) is 39.6 Å². The van der Waals surface area contributed by atoms with Gasteiger partial charge in [-0.1, -0.05) is 30.3 Å². The summed E-state index contributed by atoms with van der Waals surface area (Å²) in [6, 6.07) is 11.3. The highest BCUT2D eigenvalue weighted by Gasteiger charge is 2.21. The fraction of sp³-hybridized carbons (Fsp3) is 0.100. The van der Waals surface area contributed by atoms with Gasteiger partial charge in [0.2, 0.25) is 0 Å². The molecule has 0 fully saturated rings. The molecule has 5 aromatic rings. The highest BCUT2D eigenvalue weighted by molar-refractivity contribution is 5.82. The zero-order valence-electron chi connectivity index (χ0n) is 16.6. The molecule has 0 saturated heterocycles. The number of aryl methyl sites for hydroxylation is 2. The predicted octanol–water partition coefficient (Wildman–Crippen LogP) is 4.28. The Labute approximate surface area is 175 Å². The second-order valence-corrected chi connectivity index (χ2v) is 6.64. The van der Waals surface area contributed by atoms with Crippen LogP contribution in [0.3, 0.4) is 0 Å². The standard InChI is InChI=1S/C20H15N11/c1-12-15(21-3)19(30(27-12)20-22-10-7-11-23-20)26-25-17-16(14-8-5-4-6-9-14)29-31-18(17)24-13(2)28-31/h4-11H,1-2H3,(H,24,28)/b26-25+. The number of aromatic nitrogens is 8. The van der Waals surface area contributed by atoms with Crippen molar-refractivity contribution < 1.29 is 0 Å². The van der Waals surface area contributed by atoms with Crippen LogP contribution >= 0.6 is 0 Å². The summed E-state index contributed by atoms with van der Waals surface area (Å²) in [4.78, 5) is 15.2. The minimum atomic E-state index is 0.244. The maximum Gasteiger partial charge on any atom is 0.255 e. The highest BCUT2D eigenvalue weighted by atomic mass is 15.5. The van der Waals surface area contributed by atoms with E-state index >= 15 is 0 Å². The van der Waals surface area contributed by atoms with Crippen molar-refractivity contribution in [2.45, 2.75) is 13.8 Å². The molecule has 0 bridgehead atoms. The largest absolute Gasteiger partial charge is 0.324 e. The van der Waals surface area contributed by atoms with Crippen LogP contribution in [0.15, 0.2) is 59.0 Å². The van der Waals surface area contributed by atoms with Gasteiger partial charge in [-0.25, -0.2) is 14.8 Å². The molecule has 0 aliphatic heterocycles. The van der Waals surface area contributed by atoms with Gasteiger partial charge in [-0.15, -0.1) is 25.1 Å². The first-order valence-corrected chi connectivity index (χ1v) is 9.33. The molecule has 11 heteroatoms. The molecule has 0 atom stereocenters. The third-order valence-corrected chi connectivity index (χ3v) is 4.54. The van der Waals surface area contributed by atoms with Crippen LogP contribution in [0.4, 0.5) is 17.2 Å². The van der Waals surface area contributed by atoms with Crippen LogP contribution in [0.2, 0.25) is 0 Å². The molecule has 1 aromatic carbocycles. The van der Waals surface area contributed by atoms with Gasteiger partial charge in [-0.05, 0) is 19.9 Å². The molecule has 0 aliphatic rings. The number of rotatable bonds is 4. The lowest BCUT2D eigenvalue weighted by atomic mass is 10.1. The molecule has 1 N–H and O–H groups in total. The molecule has 0 radical (unpaired) electrons. The van der Waals surface area contributed by atoms with Crippen molar-refractivity contribution in [3.63, 3.8) is 0 Å². The first-order valence-electron chi connectivity index (χ1n) is 9.33. The minimum absolute atomic E-state index is 0.244. The van der Waals surface area contributed by atoms with Crippen LogP contribution < -0.4 is 0 Å². The van der Waals surface area contributed by atoms with Gasteiger partial charge >= 0.3 is 0 Å². The molecule has 0 amide bonds. The van der Waals surface area contributed by atoms with Crippen LogP contribution in [0, 0.1) is 20.4 Å². The van der Waals surface area contributed by atoms with E-state index in [0.29, 0.717) is 34.5 Å². The smallest absolute Gasteiger partial charge is 0.255 e. The van der Waals surface area contributed by atoms with Gasteiger partial charge in [0.15, 0.2) is 17.2 Å². The number of H-pyrrole nitrogens is 1. The summed E-state index contributed by atoms with van der Waals surface area (Å²) in [5, 5.41) is 22.1. The lowest BCUT2D eigenvalue weighted by Gasteiger charge is -2.01. The summed E-state index contributed by atoms with van der Waals surface area (Å²) in [6.45, 7) is 11.1. The molecule has 31 heavy (non-hydrogen) atoms. The van der Waals surface area contributed by atoms with E-state index in [9.17, 15) is 0 Å². The summed E-state index contributed by atoms with van der Waals surface area (Å²) < 4.78 is 2.90. The zero-order chi connectivity index (χ0) is 21.4. The predicted molar refractivity (Wildman–Crippen MR) is 112 cm³/mol. The Hall–Kier alpha value is -4.72. The number of hydrogen-bond acceptors (Lipinski definition) is 7. The van der Waals surface area contributed by atoms with E-state index in [1.807, 2.05) is 37.3 Å². The van der Waals surface area contributed by atoms with Crippen LogP contribution in [0.5, 0.6) is 0 Å². The van der Waals surface area contributed by atoms with Gasteiger partial charge in [0.25, 0.3) is 11.6 Å². The number of hydrogen-bond donors (Lipinski definition) is 1. The van der Waals surface area contributed by atoms with Crippen LogP contribution in [0.1, 0.15) is 11.5 Å². The number of nitrogens with one attached hydrogen (secondary N) is 1. The van der Waals surface area contributed by atoms with Crippen molar-refractivity contribution >= 4 is 22.8 Å². The van der Waals surface area contributed by atoms with Crippen molar-refractivity contribution in [2.75, 3.05) is 0 Å². The van der Waals surface area contributed by atoms with E-state index in [4.69, 9.17) is 6.57 Å². The molecular weight excluding hydrogens is 394 g/mol. The first kappa shape index (κ1) is 18.3. The zero-order valence-corrected chi connectivity index (χ0v) is 16.6. The van der Waals surface area contributed by atoms with E-state index in [1.54, 1.807) is 25.4 Å². The third-order valence-electron chi connectivity index (χ3n) is 4.54. The molecule has 4 heterocycles. The maximum absolute atomic E-state index is 7.56. The summed E-state index contributed by atoms with van der Waals surface area (Å²) in [5.41, 5.74) is 3.38. The second kappa shape index (κ2) is 7.27. The van der Waals surface area contributed by atoms with E-state index in [2.05, 4.69) is 45.3 Å². The Morgan fingerprint density at radius 2 is 1.74 bits per heavy atom. The van der Waals surface area contributed by atoms with Crippen LogP contribution in [-0.2, 0) is 0 Å². The van der Waals surface area contributed by atoms with Gasteiger partial charge in [-0.3, -0.25) is 0 Å². The maximum atomic E-state index is 7.56. The normalized spacial score (nSPS) is 11.4. The number of fused-ring (bicyclic) bond motifs is 1. The van der Waals surface area contributed by atoms with Crippen molar-refractivity contribution in [2.24, 2.45) is 10.2 Å². The summed E-state index contributed by atoms with van der Waals surface area (Å²) in [5.74, 6) is 1.24. The second-order valence-electron chi connectivity index (χ2n) is 6.64. The van der Waals surface area contributed by atoms with Crippen molar-refractivity contribution in [1.82, 2.24) is 39.6 Å². The minimum Gasteiger partial charge on any atom is -0.324 e. The number of benzene rings is 1. The van der Waals surface area contributed by atoms with Gasteiger partial charge < -0.3 is 4.98 Å². The van der Waals surface area contributed by atoms with Crippen LogP contribution in [0.25, 0.3) is 27.7 Å². The topological polar surface area (TPSA) is 119 Å². The fourth-order valence-corrected chi connectivity index (χ4v) is 3.17. The number of aromatic amines is 1. The molecule has 0 aliphatic carbocycles. The van der Waals surface area contributed by atoms with E-state index in [0.717, 1.165) is 5.56 Å². The molecule has 5 rings (SSSR count). The Kier molecular flexibility index (Phi) is 4.30. The van der Waals surface area contributed by atoms with Gasteiger partial charge in [-0.2, -0.15) is 9.78 Å². The number of nitrogens with zero attached hydrogens (tertiary/aromatic N) is 10. The summed E-state index contributed by atoms with van der Waals surface area (Å²) in [7, 11) is 0.